The van der Waals surface area contributed by atoms with Gasteiger partial charge in [0.1, 0.15) is 18.1 Å². The van der Waals surface area contributed by atoms with Crippen LogP contribution in [-0.4, -0.2) is 18.6 Å². The summed E-state index contributed by atoms with van der Waals surface area (Å²) in [4.78, 5) is 12.8. The van der Waals surface area contributed by atoms with Crippen molar-refractivity contribution in [2.45, 2.75) is 46.3 Å². The van der Waals surface area contributed by atoms with Crippen LogP contribution in [0.15, 0.2) is 72.8 Å². The van der Waals surface area contributed by atoms with Gasteiger partial charge in [-0.1, -0.05) is 48.0 Å². The van der Waals surface area contributed by atoms with Crippen molar-refractivity contribution in [2.75, 3.05) is 6.61 Å². The van der Waals surface area contributed by atoms with Gasteiger partial charge in [-0.2, -0.15) is 0 Å². The molecular weight excluding hydrogens is 386 g/mol. The van der Waals surface area contributed by atoms with E-state index >= 15 is 0 Å². The molecule has 0 heterocycles. The Morgan fingerprint density at radius 3 is 2.42 bits per heavy atom. The van der Waals surface area contributed by atoms with Crippen molar-refractivity contribution in [2.24, 2.45) is 0 Å². The molecule has 0 aliphatic carbocycles. The monoisotopic (exact) mass is 417 g/mol. The Morgan fingerprint density at radius 2 is 1.71 bits per heavy atom. The van der Waals surface area contributed by atoms with Crippen LogP contribution in [0, 0.1) is 6.92 Å². The number of carbonyl (C=O) groups is 1. The van der Waals surface area contributed by atoms with Crippen LogP contribution >= 0.6 is 0 Å². The standard InChI is InChI=1S/C27H31NO3/c1-4-30-26-17-14-23(18-24(26)19-31-25-15-10-20(2)11-16-25)27(29)28-21(3)12-13-22-8-6-5-7-9-22/h5-11,14-18,21H,4,12-13,19H2,1-3H3,(H,28,29)/t21-/m1/s1. The molecule has 3 aromatic carbocycles. The molecule has 0 unspecified atom stereocenters. The van der Waals surface area contributed by atoms with E-state index in [0.29, 0.717) is 18.8 Å². The van der Waals surface area contributed by atoms with Crippen LogP contribution in [0.4, 0.5) is 0 Å². The number of carbonyl (C=O) groups excluding carboxylic acids is 1. The van der Waals surface area contributed by atoms with Crippen LogP contribution in [0.3, 0.4) is 0 Å². The maximum atomic E-state index is 12.8. The summed E-state index contributed by atoms with van der Waals surface area (Å²) in [6, 6.07) is 23.8. The maximum Gasteiger partial charge on any atom is 0.251 e. The minimum atomic E-state index is -0.0832. The van der Waals surface area contributed by atoms with Crippen LogP contribution in [0.25, 0.3) is 0 Å². The van der Waals surface area contributed by atoms with Crippen molar-refractivity contribution < 1.29 is 14.3 Å². The molecule has 0 saturated heterocycles. The average Bonchev–Trinajstić information content (AvgIpc) is 2.79. The molecule has 4 nitrogen and oxygen atoms in total. The molecule has 0 spiro atoms. The number of hydrogen-bond donors (Lipinski definition) is 1. The molecule has 0 aliphatic heterocycles. The van der Waals surface area contributed by atoms with E-state index in [9.17, 15) is 4.79 Å². The minimum absolute atomic E-state index is 0.0755. The Kier molecular flexibility index (Phi) is 8.11. The van der Waals surface area contributed by atoms with Gasteiger partial charge in [0, 0.05) is 17.2 Å². The van der Waals surface area contributed by atoms with Gasteiger partial charge in [0.15, 0.2) is 0 Å². The predicted molar refractivity (Wildman–Crippen MR) is 125 cm³/mol. The molecule has 1 N–H and O–H groups in total. The third kappa shape index (κ3) is 6.88. The van der Waals surface area contributed by atoms with Gasteiger partial charge in [-0.05, 0) is 69.5 Å². The largest absolute Gasteiger partial charge is 0.493 e. The Morgan fingerprint density at radius 1 is 0.968 bits per heavy atom. The summed E-state index contributed by atoms with van der Waals surface area (Å²) >= 11 is 0. The van der Waals surface area contributed by atoms with E-state index in [-0.39, 0.29) is 11.9 Å². The number of ether oxygens (including phenoxy) is 2. The summed E-state index contributed by atoms with van der Waals surface area (Å²) in [5, 5.41) is 3.10. The zero-order valence-corrected chi connectivity index (χ0v) is 18.6. The molecule has 0 saturated carbocycles. The second kappa shape index (κ2) is 11.2. The van der Waals surface area contributed by atoms with Crippen LogP contribution in [0.5, 0.6) is 11.5 Å². The van der Waals surface area contributed by atoms with E-state index in [1.807, 2.05) is 75.4 Å². The number of aryl methyl sites for hydroxylation is 2. The van der Waals surface area contributed by atoms with Gasteiger partial charge >= 0.3 is 0 Å². The molecule has 0 radical (unpaired) electrons. The van der Waals surface area contributed by atoms with E-state index in [0.717, 1.165) is 29.9 Å². The highest BCUT2D eigenvalue weighted by molar-refractivity contribution is 5.94. The van der Waals surface area contributed by atoms with Crippen LogP contribution < -0.4 is 14.8 Å². The summed E-state index contributed by atoms with van der Waals surface area (Å²) in [7, 11) is 0. The fourth-order valence-corrected chi connectivity index (χ4v) is 3.33. The van der Waals surface area contributed by atoms with E-state index in [2.05, 4.69) is 17.4 Å². The quantitative estimate of drug-likeness (QED) is 0.459. The molecule has 0 fully saturated rings. The van der Waals surface area contributed by atoms with Crippen LogP contribution in [0.1, 0.15) is 47.3 Å². The normalized spacial score (nSPS) is 11.6. The minimum Gasteiger partial charge on any atom is -0.493 e. The molecule has 3 rings (SSSR count). The smallest absolute Gasteiger partial charge is 0.251 e. The molecule has 0 bridgehead atoms. The zero-order chi connectivity index (χ0) is 22.1. The first-order valence-electron chi connectivity index (χ1n) is 10.8. The van der Waals surface area contributed by atoms with Crippen molar-refractivity contribution in [1.29, 1.82) is 0 Å². The summed E-state index contributed by atoms with van der Waals surface area (Å²) < 4.78 is 11.7. The highest BCUT2D eigenvalue weighted by Crippen LogP contribution is 2.23. The van der Waals surface area contributed by atoms with Gasteiger partial charge in [-0.25, -0.2) is 0 Å². The Balaban J connectivity index is 1.63. The number of amides is 1. The topological polar surface area (TPSA) is 47.6 Å². The van der Waals surface area contributed by atoms with E-state index in [1.54, 1.807) is 6.07 Å². The third-order valence-corrected chi connectivity index (χ3v) is 5.12. The lowest BCUT2D eigenvalue weighted by atomic mass is 10.1. The first-order valence-corrected chi connectivity index (χ1v) is 10.8. The molecule has 3 aromatic rings. The van der Waals surface area contributed by atoms with E-state index in [1.165, 1.54) is 11.1 Å². The first kappa shape index (κ1) is 22.4. The first-order chi connectivity index (χ1) is 15.0. The number of rotatable bonds is 10. The fraction of sp³-hybridized carbons (Fsp3) is 0.296. The number of benzene rings is 3. The fourth-order valence-electron chi connectivity index (χ4n) is 3.33. The molecular formula is C27H31NO3. The van der Waals surface area contributed by atoms with Gasteiger partial charge in [-0.15, -0.1) is 0 Å². The lowest BCUT2D eigenvalue weighted by molar-refractivity contribution is 0.0938. The summed E-state index contributed by atoms with van der Waals surface area (Å²) in [5.74, 6) is 1.45. The predicted octanol–water partition coefficient (Wildman–Crippen LogP) is 5.72. The Labute approximate surface area is 185 Å². The molecule has 162 valence electrons. The van der Waals surface area contributed by atoms with Gasteiger partial charge in [0.25, 0.3) is 5.91 Å². The molecule has 0 aliphatic rings. The van der Waals surface area contributed by atoms with Crippen molar-refractivity contribution in [3.8, 4) is 11.5 Å². The lowest BCUT2D eigenvalue weighted by Gasteiger charge is -2.16. The van der Waals surface area contributed by atoms with Crippen molar-refractivity contribution in [3.05, 3.63) is 95.1 Å². The van der Waals surface area contributed by atoms with E-state index < -0.39 is 0 Å². The maximum absolute atomic E-state index is 12.8. The lowest BCUT2D eigenvalue weighted by Crippen LogP contribution is -2.33. The molecule has 4 heteroatoms. The van der Waals surface area contributed by atoms with Crippen LogP contribution in [0.2, 0.25) is 0 Å². The van der Waals surface area contributed by atoms with Gasteiger partial charge in [0.2, 0.25) is 0 Å². The molecule has 0 aromatic heterocycles. The van der Waals surface area contributed by atoms with Crippen LogP contribution in [-0.2, 0) is 13.0 Å². The summed E-state index contributed by atoms with van der Waals surface area (Å²) in [5.41, 5.74) is 3.92. The highest BCUT2D eigenvalue weighted by Gasteiger charge is 2.14. The van der Waals surface area contributed by atoms with Gasteiger partial charge in [0.05, 0.1) is 6.61 Å². The van der Waals surface area contributed by atoms with Gasteiger partial charge < -0.3 is 14.8 Å². The number of nitrogens with one attached hydrogen (secondary N) is 1. The zero-order valence-electron chi connectivity index (χ0n) is 18.6. The van der Waals surface area contributed by atoms with Crippen molar-refractivity contribution in [1.82, 2.24) is 5.32 Å². The summed E-state index contributed by atoms with van der Waals surface area (Å²) in [6.45, 7) is 6.92. The SMILES string of the molecule is CCOc1ccc(C(=O)N[C@H](C)CCc2ccccc2)cc1COc1ccc(C)cc1. The average molecular weight is 418 g/mol. The Hall–Kier alpha value is -3.27. The van der Waals surface area contributed by atoms with Crippen molar-refractivity contribution in [3.63, 3.8) is 0 Å². The molecule has 1 amide bonds. The number of hydrogen-bond acceptors (Lipinski definition) is 3. The summed E-state index contributed by atoms with van der Waals surface area (Å²) in [6.07, 6.45) is 1.82. The van der Waals surface area contributed by atoms with E-state index in [4.69, 9.17) is 9.47 Å². The molecule has 31 heavy (non-hydrogen) atoms. The molecule has 1 atom stereocenters. The second-order valence-corrected chi connectivity index (χ2v) is 7.76. The van der Waals surface area contributed by atoms with Gasteiger partial charge in [-0.3, -0.25) is 4.79 Å². The van der Waals surface area contributed by atoms with Crippen molar-refractivity contribution >= 4 is 5.91 Å². The highest BCUT2D eigenvalue weighted by atomic mass is 16.5. The third-order valence-electron chi connectivity index (χ3n) is 5.12. The Bertz CT molecular complexity index is 968. The second-order valence-electron chi connectivity index (χ2n) is 7.76.